The van der Waals surface area contributed by atoms with Crippen LogP contribution in [-0.2, 0) is 6.42 Å². The van der Waals surface area contributed by atoms with Crippen molar-refractivity contribution in [3.05, 3.63) is 60.2 Å². The van der Waals surface area contributed by atoms with Crippen molar-refractivity contribution in [2.24, 2.45) is 0 Å². The van der Waals surface area contributed by atoms with E-state index in [9.17, 15) is 0 Å². The van der Waals surface area contributed by atoms with E-state index in [1.165, 1.54) is 11.3 Å². The van der Waals surface area contributed by atoms with Gasteiger partial charge in [0.2, 0.25) is 0 Å². The molecule has 1 heterocycles. The number of hydrogen-bond donors (Lipinski definition) is 2. The fourth-order valence-corrected chi connectivity index (χ4v) is 3.25. The summed E-state index contributed by atoms with van der Waals surface area (Å²) in [6.07, 6.45) is 0.961. The van der Waals surface area contributed by atoms with Gasteiger partial charge in [-0.05, 0) is 43.4 Å². The van der Waals surface area contributed by atoms with E-state index in [2.05, 4.69) is 76.0 Å². The van der Waals surface area contributed by atoms with Gasteiger partial charge in [-0.3, -0.25) is 0 Å². The fourth-order valence-electron chi connectivity index (χ4n) is 3.03. The molecule has 0 atom stereocenters. The molecule has 2 aromatic rings. The minimum atomic E-state index is 0.678. The molecular weight excluding hydrogens is 328 g/mol. The number of thiocarbonyl (C=S) groups is 1. The van der Waals surface area contributed by atoms with Gasteiger partial charge in [-0.2, -0.15) is 0 Å². The standard InChI is InChI=1S/C20H26N4S/c1-23-13-15-24(16-14-23)19-10-6-5-9-18(19)22-20(25)21-12-11-17-7-3-2-4-8-17/h2-10H,11-16H2,1H3,(H2,21,22,25). The van der Waals surface area contributed by atoms with E-state index >= 15 is 0 Å². The fraction of sp³-hybridized carbons (Fsp3) is 0.350. The van der Waals surface area contributed by atoms with Crippen LogP contribution < -0.4 is 15.5 Å². The molecule has 0 bridgehead atoms. The maximum absolute atomic E-state index is 5.48. The lowest BCUT2D eigenvalue weighted by Gasteiger charge is -2.35. The quantitative estimate of drug-likeness (QED) is 0.806. The first kappa shape index (κ1) is 17.7. The summed E-state index contributed by atoms with van der Waals surface area (Å²) >= 11 is 5.48. The molecule has 1 aliphatic heterocycles. The van der Waals surface area contributed by atoms with Gasteiger partial charge in [0.15, 0.2) is 5.11 Å². The van der Waals surface area contributed by atoms with Gasteiger partial charge in [-0.25, -0.2) is 0 Å². The van der Waals surface area contributed by atoms with Crippen molar-refractivity contribution in [1.82, 2.24) is 10.2 Å². The maximum atomic E-state index is 5.48. The molecule has 1 saturated heterocycles. The van der Waals surface area contributed by atoms with Crippen LogP contribution in [0, 0.1) is 0 Å². The summed E-state index contributed by atoms with van der Waals surface area (Å²) in [6.45, 7) is 5.10. The molecular formula is C20H26N4S. The molecule has 5 heteroatoms. The summed E-state index contributed by atoms with van der Waals surface area (Å²) in [5.74, 6) is 0. The third-order valence-electron chi connectivity index (χ3n) is 4.54. The summed E-state index contributed by atoms with van der Waals surface area (Å²) in [6, 6.07) is 18.9. The first-order valence-electron chi connectivity index (χ1n) is 8.83. The molecule has 2 aromatic carbocycles. The molecule has 4 nitrogen and oxygen atoms in total. The minimum absolute atomic E-state index is 0.678. The van der Waals surface area contributed by atoms with Crippen LogP contribution in [0.25, 0.3) is 0 Å². The number of anilines is 2. The number of benzene rings is 2. The summed E-state index contributed by atoms with van der Waals surface area (Å²) < 4.78 is 0. The number of likely N-dealkylation sites (N-methyl/N-ethyl adjacent to an activating group) is 1. The average Bonchev–Trinajstić information content (AvgIpc) is 2.64. The number of para-hydroxylation sites is 2. The van der Waals surface area contributed by atoms with Gasteiger partial charge < -0.3 is 20.4 Å². The van der Waals surface area contributed by atoms with Crippen LogP contribution in [0.2, 0.25) is 0 Å². The van der Waals surface area contributed by atoms with E-state index in [0.717, 1.165) is 44.8 Å². The Labute approximate surface area is 155 Å². The van der Waals surface area contributed by atoms with Gasteiger partial charge in [0.05, 0.1) is 11.4 Å². The molecule has 0 amide bonds. The molecule has 0 unspecified atom stereocenters. The minimum Gasteiger partial charge on any atom is -0.367 e. The zero-order chi connectivity index (χ0) is 17.5. The highest BCUT2D eigenvalue weighted by Gasteiger charge is 2.17. The Hall–Kier alpha value is -2.11. The average molecular weight is 355 g/mol. The first-order chi connectivity index (χ1) is 12.2. The Morgan fingerprint density at radius 2 is 1.64 bits per heavy atom. The molecule has 25 heavy (non-hydrogen) atoms. The summed E-state index contributed by atoms with van der Waals surface area (Å²) in [5.41, 5.74) is 3.61. The van der Waals surface area contributed by atoms with Crippen LogP contribution >= 0.6 is 12.2 Å². The summed E-state index contributed by atoms with van der Waals surface area (Å²) in [5, 5.41) is 7.36. The van der Waals surface area contributed by atoms with Crippen LogP contribution in [0.1, 0.15) is 5.56 Å². The van der Waals surface area contributed by atoms with E-state index in [0.29, 0.717) is 5.11 Å². The van der Waals surface area contributed by atoms with E-state index in [1.807, 2.05) is 6.07 Å². The predicted molar refractivity (Wildman–Crippen MR) is 111 cm³/mol. The van der Waals surface area contributed by atoms with Crippen molar-refractivity contribution in [3.8, 4) is 0 Å². The summed E-state index contributed by atoms with van der Waals surface area (Å²) in [7, 11) is 2.17. The third-order valence-corrected chi connectivity index (χ3v) is 4.78. The molecule has 0 spiro atoms. The van der Waals surface area contributed by atoms with Gasteiger partial charge in [0, 0.05) is 32.7 Å². The van der Waals surface area contributed by atoms with Crippen LogP contribution in [0.15, 0.2) is 54.6 Å². The lowest BCUT2D eigenvalue weighted by atomic mass is 10.1. The molecule has 3 rings (SSSR count). The van der Waals surface area contributed by atoms with E-state index < -0.39 is 0 Å². The largest absolute Gasteiger partial charge is 0.367 e. The summed E-state index contributed by atoms with van der Waals surface area (Å²) in [4.78, 5) is 4.79. The van der Waals surface area contributed by atoms with Crippen molar-refractivity contribution in [2.45, 2.75) is 6.42 Å². The van der Waals surface area contributed by atoms with Crippen molar-refractivity contribution in [2.75, 3.05) is 50.0 Å². The third kappa shape index (κ3) is 5.18. The van der Waals surface area contributed by atoms with Gasteiger partial charge in [0.1, 0.15) is 0 Å². The molecule has 0 aromatic heterocycles. The highest BCUT2D eigenvalue weighted by atomic mass is 32.1. The zero-order valence-electron chi connectivity index (χ0n) is 14.7. The number of piperazine rings is 1. The van der Waals surface area contributed by atoms with E-state index in [4.69, 9.17) is 12.2 Å². The van der Waals surface area contributed by atoms with E-state index in [1.54, 1.807) is 0 Å². The molecule has 0 aliphatic carbocycles. The van der Waals surface area contributed by atoms with Crippen molar-refractivity contribution < 1.29 is 0 Å². The lowest BCUT2D eigenvalue weighted by molar-refractivity contribution is 0.313. The van der Waals surface area contributed by atoms with Crippen molar-refractivity contribution in [1.29, 1.82) is 0 Å². The Morgan fingerprint density at radius 1 is 0.960 bits per heavy atom. The molecule has 2 N–H and O–H groups in total. The van der Waals surface area contributed by atoms with Gasteiger partial charge in [-0.1, -0.05) is 42.5 Å². The van der Waals surface area contributed by atoms with Gasteiger partial charge in [0.25, 0.3) is 0 Å². The molecule has 132 valence electrons. The predicted octanol–water partition coefficient (Wildman–Crippen LogP) is 2.97. The highest BCUT2D eigenvalue weighted by Crippen LogP contribution is 2.26. The SMILES string of the molecule is CN1CCN(c2ccccc2NC(=S)NCCc2ccccc2)CC1. The smallest absolute Gasteiger partial charge is 0.170 e. The number of hydrogen-bond acceptors (Lipinski definition) is 3. The Morgan fingerprint density at radius 3 is 2.40 bits per heavy atom. The van der Waals surface area contributed by atoms with Crippen LogP contribution in [0.3, 0.4) is 0 Å². The second-order valence-electron chi connectivity index (χ2n) is 6.42. The molecule has 0 saturated carbocycles. The normalized spacial score (nSPS) is 15.0. The van der Waals surface area contributed by atoms with Crippen molar-refractivity contribution >= 4 is 28.7 Å². The van der Waals surface area contributed by atoms with Crippen LogP contribution in [0.4, 0.5) is 11.4 Å². The van der Waals surface area contributed by atoms with Gasteiger partial charge in [-0.15, -0.1) is 0 Å². The lowest BCUT2D eigenvalue weighted by Crippen LogP contribution is -2.44. The van der Waals surface area contributed by atoms with Gasteiger partial charge >= 0.3 is 0 Å². The van der Waals surface area contributed by atoms with E-state index in [-0.39, 0.29) is 0 Å². The number of nitrogens with one attached hydrogen (secondary N) is 2. The zero-order valence-corrected chi connectivity index (χ0v) is 15.6. The molecule has 1 fully saturated rings. The molecule has 1 aliphatic rings. The second-order valence-corrected chi connectivity index (χ2v) is 6.83. The Balaban J connectivity index is 1.54. The van der Waals surface area contributed by atoms with Crippen molar-refractivity contribution in [3.63, 3.8) is 0 Å². The topological polar surface area (TPSA) is 30.5 Å². The monoisotopic (exact) mass is 354 g/mol. The Kier molecular flexibility index (Phi) is 6.25. The second kappa shape index (κ2) is 8.83. The van der Waals surface area contributed by atoms with Crippen LogP contribution in [-0.4, -0.2) is 49.8 Å². The highest BCUT2D eigenvalue weighted by molar-refractivity contribution is 7.80. The number of rotatable bonds is 5. The van der Waals surface area contributed by atoms with Crippen LogP contribution in [0.5, 0.6) is 0 Å². The maximum Gasteiger partial charge on any atom is 0.170 e. The number of nitrogens with zero attached hydrogens (tertiary/aromatic N) is 2. The Bertz CT molecular complexity index is 681. The first-order valence-corrected chi connectivity index (χ1v) is 9.24. The molecule has 0 radical (unpaired) electrons.